The molecule has 0 N–H and O–H groups in total. The molecule has 194 valence electrons. The summed E-state index contributed by atoms with van der Waals surface area (Å²) in [7, 11) is 1.53. The molecule has 0 saturated carbocycles. The van der Waals surface area contributed by atoms with Crippen LogP contribution in [0.2, 0.25) is 10.0 Å². The van der Waals surface area contributed by atoms with Crippen LogP contribution in [0.15, 0.2) is 55.9 Å². The van der Waals surface area contributed by atoms with Gasteiger partial charge in [-0.05, 0) is 62.2 Å². The number of carbonyl (C=O) groups excluding carboxylic acids is 1. The third-order valence-corrected chi connectivity index (χ3v) is 7.88. The zero-order chi connectivity index (χ0) is 26.9. The molecule has 0 amide bonds. The molecule has 0 spiro atoms. The van der Waals surface area contributed by atoms with E-state index in [-0.39, 0.29) is 17.7 Å². The molecule has 37 heavy (non-hydrogen) atoms. The van der Waals surface area contributed by atoms with E-state index in [4.69, 9.17) is 37.4 Å². The largest absolute Gasteiger partial charge is 0.493 e. The SMILES string of the molecule is CCOC(=O)C1=C(C)N=c2s/c(=C/c3ccc(Cl)cc3Cl)c(=O)n2[C@@H]1c1cc(OC)c(OCC)cc1Br. The maximum atomic E-state index is 13.8. The second-order valence-corrected chi connectivity index (χ2v) is 10.6. The molecule has 0 unspecified atom stereocenters. The number of esters is 1. The lowest BCUT2D eigenvalue weighted by Gasteiger charge is -2.26. The van der Waals surface area contributed by atoms with Crippen molar-refractivity contribution in [3.8, 4) is 11.5 Å². The van der Waals surface area contributed by atoms with Crippen molar-refractivity contribution in [1.82, 2.24) is 4.57 Å². The van der Waals surface area contributed by atoms with Gasteiger partial charge in [-0.15, -0.1) is 0 Å². The minimum absolute atomic E-state index is 0.176. The first-order valence-corrected chi connectivity index (χ1v) is 13.7. The van der Waals surface area contributed by atoms with Crippen LogP contribution in [0.3, 0.4) is 0 Å². The van der Waals surface area contributed by atoms with Crippen molar-refractivity contribution < 1.29 is 19.0 Å². The molecule has 4 rings (SSSR count). The first-order valence-electron chi connectivity index (χ1n) is 11.3. The van der Waals surface area contributed by atoms with E-state index in [0.29, 0.717) is 58.8 Å². The van der Waals surface area contributed by atoms with Gasteiger partial charge in [-0.25, -0.2) is 9.79 Å². The number of allylic oxidation sites excluding steroid dienone is 1. The normalized spacial score (nSPS) is 15.3. The summed E-state index contributed by atoms with van der Waals surface area (Å²) in [5, 5.41) is 0.907. The average Bonchev–Trinajstić information content (AvgIpc) is 3.15. The molecule has 2 aromatic carbocycles. The minimum atomic E-state index is -0.822. The number of aromatic nitrogens is 1. The maximum absolute atomic E-state index is 13.8. The van der Waals surface area contributed by atoms with E-state index >= 15 is 0 Å². The Morgan fingerprint density at radius 3 is 2.59 bits per heavy atom. The van der Waals surface area contributed by atoms with Crippen molar-refractivity contribution in [2.45, 2.75) is 26.8 Å². The van der Waals surface area contributed by atoms with Crippen molar-refractivity contribution in [3.63, 3.8) is 0 Å². The van der Waals surface area contributed by atoms with Crippen molar-refractivity contribution in [3.05, 3.63) is 86.9 Å². The van der Waals surface area contributed by atoms with Crippen molar-refractivity contribution in [2.24, 2.45) is 4.99 Å². The van der Waals surface area contributed by atoms with E-state index in [1.54, 1.807) is 50.3 Å². The lowest BCUT2D eigenvalue weighted by Crippen LogP contribution is -2.40. The van der Waals surface area contributed by atoms with Crippen LogP contribution in [0.1, 0.15) is 37.9 Å². The fourth-order valence-corrected chi connectivity index (χ4v) is 6.07. The Balaban J connectivity index is 2.01. The zero-order valence-corrected chi connectivity index (χ0v) is 24.3. The molecular weight excluding hydrogens is 603 g/mol. The van der Waals surface area contributed by atoms with Gasteiger partial charge in [-0.2, -0.15) is 0 Å². The summed E-state index contributed by atoms with van der Waals surface area (Å²) in [5.74, 6) is 0.445. The number of methoxy groups -OCH3 is 1. The number of halogens is 3. The molecule has 2 heterocycles. The van der Waals surface area contributed by atoms with Crippen LogP contribution in [-0.2, 0) is 9.53 Å². The summed E-state index contributed by atoms with van der Waals surface area (Å²) in [4.78, 5) is 32.0. The van der Waals surface area contributed by atoms with Crippen LogP contribution in [0, 0.1) is 0 Å². The second kappa shape index (κ2) is 11.4. The molecule has 7 nitrogen and oxygen atoms in total. The third kappa shape index (κ3) is 5.36. The quantitative estimate of drug-likeness (QED) is 0.334. The van der Waals surface area contributed by atoms with Gasteiger partial charge in [0.15, 0.2) is 16.3 Å². The topological polar surface area (TPSA) is 79.1 Å². The van der Waals surface area contributed by atoms with Gasteiger partial charge in [0, 0.05) is 14.5 Å². The average molecular weight is 626 g/mol. The maximum Gasteiger partial charge on any atom is 0.338 e. The number of thiazole rings is 1. The van der Waals surface area contributed by atoms with E-state index in [9.17, 15) is 9.59 Å². The highest BCUT2D eigenvalue weighted by atomic mass is 79.9. The van der Waals surface area contributed by atoms with Crippen molar-refractivity contribution in [2.75, 3.05) is 20.3 Å². The van der Waals surface area contributed by atoms with E-state index in [2.05, 4.69) is 20.9 Å². The van der Waals surface area contributed by atoms with Crippen LogP contribution < -0.4 is 24.4 Å². The number of nitrogens with zero attached hydrogens (tertiary/aromatic N) is 2. The Morgan fingerprint density at radius 1 is 1.19 bits per heavy atom. The number of carbonyl (C=O) groups is 1. The molecule has 11 heteroatoms. The lowest BCUT2D eigenvalue weighted by molar-refractivity contribution is -0.139. The van der Waals surface area contributed by atoms with Crippen molar-refractivity contribution >= 4 is 62.5 Å². The summed E-state index contributed by atoms with van der Waals surface area (Å²) in [6.45, 7) is 5.94. The van der Waals surface area contributed by atoms with Gasteiger partial charge in [-0.3, -0.25) is 9.36 Å². The fourth-order valence-electron chi connectivity index (χ4n) is 4.03. The first kappa shape index (κ1) is 27.4. The Kier molecular flexibility index (Phi) is 8.48. The molecule has 0 aliphatic carbocycles. The van der Waals surface area contributed by atoms with Gasteiger partial charge in [0.25, 0.3) is 5.56 Å². The molecule has 1 aliphatic rings. The van der Waals surface area contributed by atoms with Gasteiger partial charge in [-0.1, -0.05) is 56.5 Å². The molecule has 0 saturated heterocycles. The van der Waals surface area contributed by atoms with Crippen LogP contribution >= 0.6 is 50.5 Å². The molecule has 1 aliphatic heterocycles. The van der Waals surface area contributed by atoms with E-state index < -0.39 is 12.0 Å². The smallest absolute Gasteiger partial charge is 0.338 e. The summed E-state index contributed by atoms with van der Waals surface area (Å²) in [6.07, 6.45) is 1.69. The van der Waals surface area contributed by atoms with Gasteiger partial charge < -0.3 is 14.2 Å². The predicted octanol–water partition coefficient (Wildman–Crippen LogP) is 5.27. The predicted molar refractivity (Wildman–Crippen MR) is 149 cm³/mol. The Morgan fingerprint density at radius 2 is 1.95 bits per heavy atom. The van der Waals surface area contributed by atoms with Crippen LogP contribution in [-0.4, -0.2) is 30.9 Å². The van der Waals surface area contributed by atoms with Crippen LogP contribution in [0.25, 0.3) is 6.08 Å². The summed E-state index contributed by atoms with van der Waals surface area (Å²) < 4.78 is 19.2. The number of rotatable bonds is 7. The molecule has 0 bridgehead atoms. The first-order chi connectivity index (χ1) is 17.7. The second-order valence-electron chi connectivity index (χ2n) is 7.93. The van der Waals surface area contributed by atoms with E-state index in [1.807, 2.05) is 6.92 Å². The highest BCUT2D eigenvalue weighted by Gasteiger charge is 2.35. The molecule has 0 radical (unpaired) electrons. The highest BCUT2D eigenvalue weighted by molar-refractivity contribution is 9.10. The van der Waals surface area contributed by atoms with Gasteiger partial charge in [0.05, 0.1) is 42.2 Å². The number of hydrogen-bond acceptors (Lipinski definition) is 7. The fraction of sp³-hybridized carbons (Fsp3) is 0.269. The standard InChI is InChI=1S/C26H23BrCl2N2O5S/c1-5-35-20-12-17(27)16(11-19(20)34-4)23-22(25(33)36-6-2)13(3)30-26-31(23)24(32)21(37-26)9-14-7-8-15(28)10-18(14)29/h7-12,23H,5-6H2,1-4H3/b21-9+/t23-/m1/s1. The number of hydrogen-bond donors (Lipinski definition) is 0. The lowest BCUT2D eigenvalue weighted by atomic mass is 9.95. The summed E-state index contributed by atoms with van der Waals surface area (Å²) in [6, 6.07) is 7.75. The minimum Gasteiger partial charge on any atom is -0.493 e. The van der Waals surface area contributed by atoms with Gasteiger partial charge in [0.2, 0.25) is 0 Å². The van der Waals surface area contributed by atoms with Crippen molar-refractivity contribution in [1.29, 1.82) is 0 Å². The van der Waals surface area contributed by atoms with Gasteiger partial charge in [0.1, 0.15) is 0 Å². The number of fused-ring (bicyclic) bond motifs is 1. The van der Waals surface area contributed by atoms with E-state index in [1.165, 1.54) is 23.0 Å². The monoisotopic (exact) mass is 624 g/mol. The molecule has 3 aromatic rings. The van der Waals surface area contributed by atoms with E-state index in [0.717, 1.165) is 0 Å². The van der Waals surface area contributed by atoms with Crippen LogP contribution in [0.4, 0.5) is 0 Å². The summed E-state index contributed by atoms with van der Waals surface area (Å²) in [5.41, 5.74) is 1.65. The molecular formula is C26H23BrCl2N2O5S. The molecule has 1 atom stereocenters. The zero-order valence-electron chi connectivity index (χ0n) is 20.4. The molecule has 1 aromatic heterocycles. The highest BCUT2D eigenvalue weighted by Crippen LogP contribution is 2.41. The Labute approximate surface area is 235 Å². The molecule has 0 fully saturated rings. The third-order valence-electron chi connectivity index (χ3n) is 5.64. The number of benzene rings is 2. The Hall–Kier alpha value is -2.59. The summed E-state index contributed by atoms with van der Waals surface area (Å²) >= 11 is 17.2. The van der Waals surface area contributed by atoms with Crippen LogP contribution in [0.5, 0.6) is 11.5 Å². The Bertz CT molecular complexity index is 1600. The number of ether oxygens (including phenoxy) is 3. The van der Waals surface area contributed by atoms with Gasteiger partial charge >= 0.3 is 5.97 Å².